The fourth-order valence-electron chi connectivity index (χ4n) is 3.99. The molecule has 4 aromatic rings. The van der Waals surface area contributed by atoms with Crippen molar-refractivity contribution in [2.75, 3.05) is 43.4 Å². The van der Waals surface area contributed by atoms with Crippen molar-refractivity contribution in [2.45, 2.75) is 0 Å². The van der Waals surface area contributed by atoms with Gasteiger partial charge in [-0.15, -0.1) is 0 Å². The Hall–Kier alpha value is -4.64. The second-order valence-corrected chi connectivity index (χ2v) is 8.52. The van der Waals surface area contributed by atoms with Crippen LogP contribution in [-0.2, 0) is 0 Å². The summed E-state index contributed by atoms with van der Waals surface area (Å²) in [5.41, 5.74) is 2.28. The molecule has 0 aliphatic carbocycles. The Kier molecular flexibility index (Phi) is 6.13. The number of nitrogens with zero attached hydrogens (tertiary/aromatic N) is 5. The monoisotopic (exact) mass is 488 g/mol. The van der Waals surface area contributed by atoms with Crippen LogP contribution in [0.25, 0.3) is 23.1 Å². The van der Waals surface area contributed by atoms with Gasteiger partial charge in [0.15, 0.2) is 17.3 Å². The predicted octanol–water partition coefficient (Wildman–Crippen LogP) is 4.21. The van der Waals surface area contributed by atoms with Crippen LogP contribution < -0.4 is 10.2 Å². The molecule has 1 aliphatic heterocycles. The summed E-state index contributed by atoms with van der Waals surface area (Å²) in [7, 11) is 2.11. The number of benzene rings is 2. The standard InChI is InChI=1S/C25H24N6O5/c1-29-10-12-30(13-11-29)17-3-6-20-19(15-17)25(26-16-2-7-21(32)22(33)14-16)28-23(27-20)8-4-18-5-9-24(36-18)31(34)35/h2-9,14-15,32-33H,10-13H2,1H3,(H,26,27,28). The van der Waals surface area contributed by atoms with Gasteiger partial charge in [0.2, 0.25) is 0 Å². The second kappa shape index (κ2) is 9.55. The maximum absolute atomic E-state index is 10.9. The van der Waals surface area contributed by atoms with Crippen LogP contribution in [0.4, 0.5) is 23.1 Å². The van der Waals surface area contributed by atoms with Crippen molar-refractivity contribution in [3.8, 4) is 11.5 Å². The van der Waals surface area contributed by atoms with E-state index in [1.807, 2.05) is 18.2 Å². The minimum absolute atomic E-state index is 0.221. The summed E-state index contributed by atoms with van der Waals surface area (Å²) < 4.78 is 5.18. The van der Waals surface area contributed by atoms with Crippen LogP contribution >= 0.6 is 0 Å². The third-order valence-electron chi connectivity index (χ3n) is 5.99. The van der Waals surface area contributed by atoms with Crippen LogP contribution in [0.1, 0.15) is 11.6 Å². The zero-order valence-corrected chi connectivity index (χ0v) is 19.5. The molecule has 3 heterocycles. The second-order valence-electron chi connectivity index (χ2n) is 8.52. The van der Waals surface area contributed by atoms with E-state index in [1.165, 1.54) is 24.3 Å². The first-order valence-electron chi connectivity index (χ1n) is 11.3. The van der Waals surface area contributed by atoms with Crippen LogP contribution in [0.15, 0.2) is 52.9 Å². The average Bonchev–Trinajstić information content (AvgIpc) is 3.35. The number of fused-ring (bicyclic) bond motifs is 1. The summed E-state index contributed by atoms with van der Waals surface area (Å²) in [6.07, 6.45) is 3.17. The molecule has 2 aromatic heterocycles. The van der Waals surface area contributed by atoms with Gasteiger partial charge in [0.1, 0.15) is 16.5 Å². The van der Waals surface area contributed by atoms with Gasteiger partial charge in [0.25, 0.3) is 0 Å². The van der Waals surface area contributed by atoms with Crippen molar-refractivity contribution in [3.05, 3.63) is 70.2 Å². The molecule has 0 radical (unpaired) electrons. The third-order valence-corrected chi connectivity index (χ3v) is 5.99. The van der Waals surface area contributed by atoms with Crippen molar-refractivity contribution < 1.29 is 19.6 Å². The van der Waals surface area contributed by atoms with Crippen molar-refractivity contribution in [3.63, 3.8) is 0 Å². The first-order valence-corrected chi connectivity index (χ1v) is 11.3. The Bertz CT molecular complexity index is 1460. The molecule has 11 heteroatoms. The lowest BCUT2D eigenvalue weighted by molar-refractivity contribution is -0.402. The molecule has 0 amide bonds. The summed E-state index contributed by atoms with van der Waals surface area (Å²) in [6.45, 7) is 3.77. The van der Waals surface area contributed by atoms with Gasteiger partial charge in [0.05, 0.1) is 11.6 Å². The Morgan fingerprint density at radius 1 is 1.00 bits per heavy atom. The fourth-order valence-corrected chi connectivity index (χ4v) is 3.99. The lowest BCUT2D eigenvalue weighted by Gasteiger charge is -2.34. The summed E-state index contributed by atoms with van der Waals surface area (Å²) >= 11 is 0. The fraction of sp³-hybridized carbons (Fsp3) is 0.200. The lowest BCUT2D eigenvalue weighted by atomic mass is 10.1. The number of hydrogen-bond donors (Lipinski definition) is 3. The molecule has 0 saturated carbocycles. The van der Waals surface area contributed by atoms with Gasteiger partial charge in [0, 0.05) is 49.0 Å². The molecule has 0 atom stereocenters. The molecular weight excluding hydrogens is 464 g/mol. The van der Waals surface area contributed by atoms with Crippen molar-refractivity contribution >= 4 is 46.1 Å². The van der Waals surface area contributed by atoms with E-state index in [-0.39, 0.29) is 17.4 Å². The van der Waals surface area contributed by atoms with E-state index < -0.39 is 4.92 Å². The Labute approximate surface area is 206 Å². The van der Waals surface area contributed by atoms with E-state index >= 15 is 0 Å². The van der Waals surface area contributed by atoms with E-state index in [0.717, 1.165) is 37.3 Å². The van der Waals surface area contributed by atoms with Crippen LogP contribution in [0, 0.1) is 10.1 Å². The minimum Gasteiger partial charge on any atom is -0.504 e. The molecule has 36 heavy (non-hydrogen) atoms. The van der Waals surface area contributed by atoms with E-state index in [4.69, 9.17) is 4.42 Å². The zero-order chi connectivity index (χ0) is 25.2. The van der Waals surface area contributed by atoms with Gasteiger partial charge in [-0.1, -0.05) is 0 Å². The number of anilines is 3. The van der Waals surface area contributed by atoms with Gasteiger partial charge in [-0.05, 0) is 55.6 Å². The van der Waals surface area contributed by atoms with Crippen LogP contribution in [0.3, 0.4) is 0 Å². The van der Waals surface area contributed by atoms with Crippen LogP contribution in [0.2, 0.25) is 0 Å². The molecule has 1 saturated heterocycles. The van der Waals surface area contributed by atoms with Gasteiger partial charge in [-0.2, -0.15) is 0 Å². The van der Waals surface area contributed by atoms with E-state index in [2.05, 4.69) is 32.1 Å². The number of hydrogen-bond acceptors (Lipinski definition) is 10. The minimum atomic E-state index is -0.600. The highest BCUT2D eigenvalue weighted by atomic mass is 16.6. The number of phenolic OH excluding ortho intramolecular Hbond substituents is 2. The van der Waals surface area contributed by atoms with E-state index in [0.29, 0.717) is 28.6 Å². The number of furan rings is 1. The third kappa shape index (κ3) is 4.91. The molecular formula is C25H24N6O5. The number of aromatic nitrogens is 2. The highest BCUT2D eigenvalue weighted by Gasteiger charge is 2.17. The molecule has 0 unspecified atom stereocenters. The maximum atomic E-state index is 10.9. The number of likely N-dealkylation sites (N-methyl/N-ethyl adjacent to an activating group) is 1. The molecule has 3 N–H and O–H groups in total. The highest BCUT2D eigenvalue weighted by Crippen LogP contribution is 2.32. The summed E-state index contributed by atoms with van der Waals surface area (Å²) in [5, 5.41) is 34.5. The van der Waals surface area contributed by atoms with Crippen molar-refractivity contribution in [1.82, 2.24) is 14.9 Å². The summed E-state index contributed by atoms with van der Waals surface area (Å²) in [6, 6.07) is 13.2. The molecule has 0 spiro atoms. The van der Waals surface area contributed by atoms with Gasteiger partial charge in [-0.25, -0.2) is 9.97 Å². The molecule has 11 nitrogen and oxygen atoms in total. The smallest absolute Gasteiger partial charge is 0.433 e. The van der Waals surface area contributed by atoms with Gasteiger partial charge in [-0.3, -0.25) is 10.1 Å². The predicted molar refractivity (Wildman–Crippen MR) is 137 cm³/mol. The van der Waals surface area contributed by atoms with E-state index in [9.17, 15) is 20.3 Å². The Morgan fingerprint density at radius 3 is 2.53 bits per heavy atom. The molecule has 0 bridgehead atoms. The molecule has 5 rings (SSSR count). The van der Waals surface area contributed by atoms with Crippen LogP contribution in [-0.4, -0.2) is 63.2 Å². The van der Waals surface area contributed by atoms with Crippen molar-refractivity contribution in [2.24, 2.45) is 0 Å². The Morgan fingerprint density at radius 2 is 1.81 bits per heavy atom. The van der Waals surface area contributed by atoms with E-state index in [1.54, 1.807) is 18.2 Å². The first kappa shape index (κ1) is 23.1. The highest BCUT2D eigenvalue weighted by molar-refractivity contribution is 5.94. The maximum Gasteiger partial charge on any atom is 0.433 e. The number of rotatable bonds is 6. The van der Waals surface area contributed by atoms with Gasteiger partial charge < -0.3 is 29.7 Å². The quantitative estimate of drug-likeness (QED) is 0.156. The van der Waals surface area contributed by atoms with Crippen molar-refractivity contribution in [1.29, 1.82) is 0 Å². The first-order chi connectivity index (χ1) is 17.4. The lowest BCUT2D eigenvalue weighted by Crippen LogP contribution is -2.44. The zero-order valence-electron chi connectivity index (χ0n) is 19.5. The largest absolute Gasteiger partial charge is 0.504 e. The number of aromatic hydroxyl groups is 2. The Balaban J connectivity index is 1.53. The number of nitrogens with one attached hydrogen (secondary N) is 1. The topological polar surface area (TPSA) is 141 Å². The summed E-state index contributed by atoms with van der Waals surface area (Å²) in [4.78, 5) is 24.2. The molecule has 184 valence electrons. The number of nitro groups is 1. The molecule has 1 aliphatic rings. The normalized spacial score (nSPS) is 14.5. The summed E-state index contributed by atoms with van der Waals surface area (Å²) in [5.74, 6) is 0.344. The van der Waals surface area contributed by atoms with Crippen LogP contribution in [0.5, 0.6) is 11.5 Å². The molecule has 1 fully saturated rings. The number of phenols is 2. The van der Waals surface area contributed by atoms with Gasteiger partial charge >= 0.3 is 5.88 Å². The number of piperazine rings is 1. The average molecular weight is 489 g/mol. The molecule has 2 aromatic carbocycles. The SMILES string of the molecule is CN1CCN(c2ccc3nc(C=Cc4ccc([N+](=O)[O-])o4)nc(Nc4ccc(O)c(O)c4)c3c2)CC1.